The lowest BCUT2D eigenvalue weighted by molar-refractivity contribution is -0.125. The fourth-order valence-electron chi connectivity index (χ4n) is 4.19. The van der Waals surface area contributed by atoms with Crippen LogP contribution in [0.15, 0.2) is 27.6 Å². The number of sulfonamides is 1. The molecule has 0 aliphatic carbocycles. The van der Waals surface area contributed by atoms with Gasteiger partial charge in [-0.25, -0.2) is 8.42 Å². The zero-order valence-corrected chi connectivity index (χ0v) is 20.0. The van der Waals surface area contributed by atoms with E-state index in [1.54, 1.807) is 26.0 Å². The Labute approximate surface area is 188 Å². The summed E-state index contributed by atoms with van der Waals surface area (Å²) in [6.07, 6.45) is 0.826. The molecule has 1 N–H and O–H groups in total. The predicted octanol–water partition coefficient (Wildman–Crippen LogP) is 1.96. The first-order valence-corrected chi connectivity index (χ1v) is 12.2. The molecule has 0 fully saturated rings. The third-order valence-electron chi connectivity index (χ3n) is 5.88. The van der Waals surface area contributed by atoms with Crippen molar-refractivity contribution in [2.24, 2.45) is 0 Å². The number of rotatable bonds is 8. The van der Waals surface area contributed by atoms with Crippen LogP contribution in [0.1, 0.15) is 43.4 Å². The van der Waals surface area contributed by atoms with Crippen molar-refractivity contribution >= 4 is 27.5 Å². The first-order chi connectivity index (χ1) is 15.1. The number of benzene rings is 1. The highest BCUT2D eigenvalue weighted by atomic mass is 32.2. The van der Waals surface area contributed by atoms with Crippen molar-refractivity contribution in [3.05, 3.63) is 40.8 Å². The number of amides is 2. The molecule has 0 bridgehead atoms. The maximum Gasteiger partial charge on any atom is 0.243 e. The maximum absolute atomic E-state index is 12.9. The first-order valence-electron chi connectivity index (χ1n) is 10.7. The van der Waals surface area contributed by atoms with Crippen LogP contribution in [-0.2, 0) is 32.5 Å². The van der Waals surface area contributed by atoms with Crippen LogP contribution >= 0.6 is 0 Å². The predicted molar refractivity (Wildman–Crippen MR) is 120 cm³/mol. The third kappa shape index (κ3) is 4.42. The minimum absolute atomic E-state index is 0.169. The van der Waals surface area contributed by atoms with Gasteiger partial charge in [-0.2, -0.15) is 4.31 Å². The maximum atomic E-state index is 12.9. The molecular formula is C22H30N4O5S. The van der Waals surface area contributed by atoms with Crippen LogP contribution < -0.4 is 10.2 Å². The van der Waals surface area contributed by atoms with Gasteiger partial charge in [0.2, 0.25) is 21.8 Å². The molecule has 0 saturated carbocycles. The number of aryl methyl sites for hydroxylation is 2. The highest BCUT2D eigenvalue weighted by Crippen LogP contribution is 2.35. The highest BCUT2D eigenvalue weighted by molar-refractivity contribution is 7.89. The fraction of sp³-hybridized carbons (Fsp3) is 0.500. The van der Waals surface area contributed by atoms with Crippen LogP contribution in [0.3, 0.4) is 0 Å². The Morgan fingerprint density at radius 3 is 2.50 bits per heavy atom. The molecule has 174 valence electrons. The SMILES string of the molecule is CCN(CC)S(=O)(=O)c1ccc2c(c1)C[C@@H](C(=O)NCCc1c(C)noc1C)N2C(C)=O. The van der Waals surface area contributed by atoms with Crippen molar-refractivity contribution in [1.82, 2.24) is 14.8 Å². The highest BCUT2D eigenvalue weighted by Gasteiger charge is 2.38. The summed E-state index contributed by atoms with van der Waals surface area (Å²) >= 11 is 0. The van der Waals surface area contributed by atoms with E-state index in [1.807, 2.05) is 13.8 Å². The molecule has 0 radical (unpaired) electrons. The lowest BCUT2D eigenvalue weighted by Gasteiger charge is -2.23. The number of carbonyl (C=O) groups is 2. The van der Waals surface area contributed by atoms with Crippen molar-refractivity contribution in [3.63, 3.8) is 0 Å². The summed E-state index contributed by atoms with van der Waals surface area (Å²) in [4.78, 5) is 26.9. The Balaban J connectivity index is 1.79. The molecule has 2 aromatic rings. The van der Waals surface area contributed by atoms with Crippen molar-refractivity contribution in [1.29, 1.82) is 0 Å². The summed E-state index contributed by atoms with van der Waals surface area (Å²) in [6.45, 7) is 9.76. The molecule has 0 unspecified atom stereocenters. The van der Waals surface area contributed by atoms with E-state index < -0.39 is 16.1 Å². The van der Waals surface area contributed by atoms with E-state index in [1.165, 1.54) is 22.2 Å². The van der Waals surface area contributed by atoms with Gasteiger partial charge in [0.05, 0.1) is 10.6 Å². The van der Waals surface area contributed by atoms with Gasteiger partial charge in [-0.15, -0.1) is 0 Å². The number of fused-ring (bicyclic) bond motifs is 1. The zero-order valence-electron chi connectivity index (χ0n) is 19.1. The Morgan fingerprint density at radius 1 is 1.25 bits per heavy atom. The van der Waals surface area contributed by atoms with Gasteiger partial charge in [0.15, 0.2) is 0 Å². The smallest absolute Gasteiger partial charge is 0.243 e. The summed E-state index contributed by atoms with van der Waals surface area (Å²) in [5, 5.41) is 6.80. The molecule has 1 aliphatic rings. The van der Waals surface area contributed by atoms with Gasteiger partial charge in [0, 0.05) is 44.2 Å². The average Bonchev–Trinajstić information content (AvgIpc) is 3.28. The van der Waals surface area contributed by atoms with Gasteiger partial charge in [-0.05, 0) is 44.0 Å². The van der Waals surface area contributed by atoms with Crippen molar-refractivity contribution in [2.75, 3.05) is 24.5 Å². The molecule has 10 heteroatoms. The number of anilines is 1. The number of aromatic nitrogens is 1. The average molecular weight is 463 g/mol. The van der Waals surface area contributed by atoms with E-state index in [0.717, 1.165) is 17.0 Å². The van der Waals surface area contributed by atoms with E-state index in [4.69, 9.17) is 4.52 Å². The Hall–Kier alpha value is -2.72. The molecule has 3 rings (SSSR count). The van der Waals surface area contributed by atoms with Crippen LogP contribution in [0, 0.1) is 13.8 Å². The third-order valence-corrected chi connectivity index (χ3v) is 7.92. The van der Waals surface area contributed by atoms with E-state index in [2.05, 4.69) is 10.5 Å². The van der Waals surface area contributed by atoms with Crippen LogP contribution in [-0.4, -0.2) is 55.4 Å². The van der Waals surface area contributed by atoms with Crippen LogP contribution in [0.5, 0.6) is 0 Å². The fourth-order valence-corrected chi connectivity index (χ4v) is 5.70. The van der Waals surface area contributed by atoms with E-state index in [-0.39, 0.29) is 23.1 Å². The molecule has 1 aromatic heterocycles. The summed E-state index contributed by atoms with van der Waals surface area (Å²) in [7, 11) is -3.63. The molecule has 1 aliphatic heterocycles. The van der Waals surface area contributed by atoms with Crippen molar-refractivity contribution < 1.29 is 22.5 Å². The van der Waals surface area contributed by atoms with Gasteiger partial charge < -0.3 is 9.84 Å². The summed E-state index contributed by atoms with van der Waals surface area (Å²) in [5.41, 5.74) is 2.98. The summed E-state index contributed by atoms with van der Waals surface area (Å²) < 4.78 is 32.3. The summed E-state index contributed by atoms with van der Waals surface area (Å²) in [6, 6.07) is 3.97. The lowest BCUT2D eigenvalue weighted by Crippen LogP contribution is -2.47. The number of hydrogen-bond acceptors (Lipinski definition) is 6. The second kappa shape index (κ2) is 9.41. The normalized spacial score (nSPS) is 15.8. The molecule has 1 atom stereocenters. The standard InChI is InChI=1S/C22H30N4O5S/c1-6-25(7-2)32(29,30)18-8-9-20-17(12-18)13-21(26(20)16(5)27)22(28)23-11-10-19-14(3)24-31-15(19)4/h8-9,12,21H,6-7,10-11,13H2,1-5H3,(H,23,28)/t21-/m0/s1. The molecule has 32 heavy (non-hydrogen) atoms. The van der Waals surface area contributed by atoms with Gasteiger partial charge in [0.25, 0.3) is 0 Å². The minimum atomic E-state index is -3.63. The Morgan fingerprint density at radius 2 is 1.94 bits per heavy atom. The van der Waals surface area contributed by atoms with E-state index >= 15 is 0 Å². The van der Waals surface area contributed by atoms with Gasteiger partial charge in [0.1, 0.15) is 11.8 Å². The lowest BCUT2D eigenvalue weighted by atomic mass is 10.1. The molecular weight excluding hydrogens is 432 g/mol. The van der Waals surface area contributed by atoms with Crippen LogP contribution in [0.2, 0.25) is 0 Å². The molecule has 0 spiro atoms. The molecule has 0 saturated heterocycles. The number of hydrogen-bond donors (Lipinski definition) is 1. The zero-order chi connectivity index (χ0) is 23.6. The monoisotopic (exact) mass is 462 g/mol. The first kappa shape index (κ1) is 23.9. The number of nitrogens with one attached hydrogen (secondary N) is 1. The van der Waals surface area contributed by atoms with Crippen LogP contribution in [0.25, 0.3) is 0 Å². The second-order valence-corrected chi connectivity index (χ2v) is 9.77. The largest absolute Gasteiger partial charge is 0.361 e. The Bertz CT molecular complexity index is 1100. The van der Waals surface area contributed by atoms with Crippen molar-refractivity contribution in [3.8, 4) is 0 Å². The van der Waals surface area contributed by atoms with E-state index in [0.29, 0.717) is 37.3 Å². The molecule has 1 aromatic carbocycles. The molecule has 2 heterocycles. The quantitative estimate of drug-likeness (QED) is 0.642. The van der Waals surface area contributed by atoms with E-state index in [9.17, 15) is 18.0 Å². The molecule has 9 nitrogen and oxygen atoms in total. The second-order valence-electron chi connectivity index (χ2n) is 7.83. The van der Waals surface area contributed by atoms with Gasteiger partial charge in [-0.3, -0.25) is 14.5 Å². The van der Waals surface area contributed by atoms with Gasteiger partial charge in [-0.1, -0.05) is 19.0 Å². The van der Waals surface area contributed by atoms with Crippen molar-refractivity contribution in [2.45, 2.75) is 58.4 Å². The number of nitrogens with zero attached hydrogens (tertiary/aromatic N) is 3. The van der Waals surface area contributed by atoms with Gasteiger partial charge >= 0.3 is 0 Å². The van der Waals surface area contributed by atoms with Crippen LogP contribution in [0.4, 0.5) is 5.69 Å². The Kier molecular flexibility index (Phi) is 7.04. The summed E-state index contributed by atoms with van der Waals surface area (Å²) in [5.74, 6) is 0.169. The topological polar surface area (TPSA) is 113 Å². The molecule has 2 amide bonds. The number of carbonyl (C=O) groups excluding carboxylic acids is 2. The minimum Gasteiger partial charge on any atom is -0.361 e.